The predicted molar refractivity (Wildman–Crippen MR) is 65.1 cm³/mol. The molecule has 1 atom stereocenters. The summed E-state index contributed by atoms with van der Waals surface area (Å²) in [5.74, 6) is 2.01. The molecule has 1 aliphatic rings. The maximum atomic E-state index is 5.59. The molecule has 2 N–H and O–H groups in total. The van der Waals surface area contributed by atoms with Crippen molar-refractivity contribution < 1.29 is 0 Å². The average Bonchev–Trinajstić information content (AvgIpc) is 2.86. The molecule has 0 bridgehead atoms. The minimum Gasteiger partial charge on any atom is -0.338 e. The molecule has 2 rings (SSSR count). The van der Waals surface area contributed by atoms with Crippen LogP contribution in [0, 0.1) is 5.92 Å². The summed E-state index contributed by atoms with van der Waals surface area (Å²) in [6, 6.07) is 0. The van der Waals surface area contributed by atoms with Crippen LogP contribution in [0.5, 0.6) is 0 Å². The predicted octanol–water partition coefficient (Wildman–Crippen LogP) is 0.633. The molecule has 0 amide bonds. The topological polar surface area (TPSA) is 47.1 Å². The molecule has 2 heterocycles. The van der Waals surface area contributed by atoms with E-state index in [4.69, 9.17) is 5.73 Å². The molecule has 4 heteroatoms. The Morgan fingerprint density at radius 2 is 2.44 bits per heavy atom. The summed E-state index contributed by atoms with van der Waals surface area (Å²) in [6.45, 7) is 4.42. The molecule has 0 radical (unpaired) electrons. The summed E-state index contributed by atoms with van der Waals surface area (Å²) in [4.78, 5) is 6.89. The molecule has 0 spiro atoms. The van der Waals surface area contributed by atoms with Crippen LogP contribution in [0.2, 0.25) is 0 Å². The van der Waals surface area contributed by atoms with Crippen molar-refractivity contribution in [2.75, 3.05) is 26.2 Å². The summed E-state index contributed by atoms with van der Waals surface area (Å²) in [6.07, 6.45) is 7.43. The number of nitrogens with zero attached hydrogens (tertiary/aromatic N) is 3. The van der Waals surface area contributed by atoms with Crippen LogP contribution in [-0.4, -0.2) is 40.6 Å². The first-order chi connectivity index (χ1) is 7.79. The van der Waals surface area contributed by atoms with Gasteiger partial charge in [-0.25, -0.2) is 4.98 Å². The van der Waals surface area contributed by atoms with E-state index in [1.54, 1.807) is 0 Å². The molecular formula is C12H22N4. The van der Waals surface area contributed by atoms with Gasteiger partial charge in [0.2, 0.25) is 0 Å². The Morgan fingerprint density at radius 3 is 3.12 bits per heavy atom. The van der Waals surface area contributed by atoms with Crippen molar-refractivity contribution in [3.8, 4) is 0 Å². The van der Waals surface area contributed by atoms with Gasteiger partial charge in [0, 0.05) is 39.0 Å². The number of aromatic nitrogens is 2. The molecule has 16 heavy (non-hydrogen) atoms. The first-order valence-electron chi connectivity index (χ1n) is 6.18. The summed E-state index contributed by atoms with van der Waals surface area (Å²) in [7, 11) is 2.06. The van der Waals surface area contributed by atoms with Gasteiger partial charge < -0.3 is 15.2 Å². The van der Waals surface area contributed by atoms with E-state index in [0.717, 1.165) is 25.4 Å². The lowest BCUT2D eigenvalue weighted by atomic mass is 10.1. The molecule has 90 valence electrons. The zero-order chi connectivity index (χ0) is 11.4. The van der Waals surface area contributed by atoms with Crippen LogP contribution < -0.4 is 5.73 Å². The fourth-order valence-corrected chi connectivity index (χ4v) is 2.48. The minimum absolute atomic E-state index is 0.825. The maximum Gasteiger partial charge on any atom is 0.109 e. The highest BCUT2D eigenvalue weighted by molar-refractivity contribution is 4.92. The first-order valence-corrected chi connectivity index (χ1v) is 6.18. The Kier molecular flexibility index (Phi) is 3.96. The molecule has 1 aromatic heterocycles. The van der Waals surface area contributed by atoms with Gasteiger partial charge in [-0.05, 0) is 31.8 Å². The Hall–Kier alpha value is -0.870. The van der Waals surface area contributed by atoms with Crippen molar-refractivity contribution in [3.05, 3.63) is 18.2 Å². The third kappa shape index (κ3) is 2.83. The lowest BCUT2D eigenvalue weighted by molar-refractivity contribution is 0.322. The standard InChI is InChI=1S/C12H22N4/c1-15-9-6-14-12(15)4-8-16-7-3-11(10-16)2-5-13/h6,9,11H,2-5,7-8,10,13H2,1H3. The van der Waals surface area contributed by atoms with Crippen LogP contribution in [0.25, 0.3) is 0 Å². The molecule has 0 saturated carbocycles. The number of aryl methyl sites for hydroxylation is 1. The van der Waals surface area contributed by atoms with Crippen LogP contribution in [0.1, 0.15) is 18.7 Å². The summed E-state index contributed by atoms with van der Waals surface area (Å²) in [5.41, 5.74) is 5.59. The van der Waals surface area contributed by atoms with E-state index >= 15 is 0 Å². The van der Waals surface area contributed by atoms with E-state index in [0.29, 0.717) is 0 Å². The fourth-order valence-electron chi connectivity index (χ4n) is 2.48. The highest BCUT2D eigenvalue weighted by Crippen LogP contribution is 2.18. The van der Waals surface area contributed by atoms with E-state index in [-0.39, 0.29) is 0 Å². The Bertz CT molecular complexity index is 321. The van der Waals surface area contributed by atoms with Gasteiger partial charge in [-0.2, -0.15) is 0 Å². The number of hydrogen-bond acceptors (Lipinski definition) is 3. The van der Waals surface area contributed by atoms with E-state index in [1.807, 2.05) is 12.4 Å². The van der Waals surface area contributed by atoms with Gasteiger partial charge >= 0.3 is 0 Å². The zero-order valence-electron chi connectivity index (χ0n) is 10.1. The molecule has 1 aliphatic heterocycles. The van der Waals surface area contributed by atoms with Gasteiger partial charge in [-0.3, -0.25) is 0 Å². The lowest BCUT2D eigenvalue weighted by Crippen LogP contribution is -2.24. The molecule has 0 aliphatic carbocycles. The number of rotatable bonds is 5. The Balaban J connectivity index is 1.74. The molecular weight excluding hydrogens is 200 g/mol. The largest absolute Gasteiger partial charge is 0.338 e. The highest BCUT2D eigenvalue weighted by atomic mass is 15.1. The zero-order valence-corrected chi connectivity index (χ0v) is 10.1. The second-order valence-corrected chi connectivity index (χ2v) is 4.74. The maximum absolute atomic E-state index is 5.59. The van der Waals surface area contributed by atoms with Crippen molar-refractivity contribution in [1.29, 1.82) is 0 Å². The summed E-state index contributed by atoms with van der Waals surface area (Å²) < 4.78 is 2.10. The van der Waals surface area contributed by atoms with E-state index < -0.39 is 0 Å². The summed E-state index contributed by atoms with van der Waals surface area (Å²) in [5, 5.41) is 0. The smallest absolute Gasteiger partial charge is 0.109 e. The molecule has 4 nitrogen and oxygen atoms in total. The quantitative estimate of drug-likeness (QED) is 0.795. The van der Waals surface area contributed by atoms with Gasteiger partial charge in [0.05, 0.1) is 0 Å². The second-order valence-electron chi connectivity index (χ2n) is 4.74. The number of imidazole rings is 1. The molecule has 0 aromatic carbocycles. The van der Waals surface area contributed by atoms with Gasteiger partial charge in [0.15, 0.2) is 0 Å². The molecule has 1 fully saturated rings. The summed E-state index contributed by atoms with van der Waals surface area (Å²) >= 11 is 0. The van der Waals surface area contributed by atoms with E-state index in [9.17, 15) is 0 Å². The molecule has 1 unspecified atom stereocenters. The van der Waals surface area contributed by atoms with Crippen molar-refractivity contribution in [2.45, 2.75) is 19.3 Å². The fraction of sp³-hybridized carbons (Fsp3) is 0.750. The van der Waals surface area contributed by atoms with Gasteiger partial charge in [0.25, 0.3) is 0 Å². The number of nitrogens with two attached hydrogens (primary N) is 1. The van der Waals surface area contributed by atoms with Gasteiger partial charge in [-0.1, -0.05) is 0 Å². The normalized spacial score (nSPS) is 21.8. The van der Waals surface area contributed by atoms with Crippen molar-refractivity contribution >= 4 is 0 Å². The monoisotopic (exact) mass is 222 g/mol. The first kappa shape index (κ1) is 11.6. The number of hydrogen-bond donors (Lipinski definition) is 1. The lowest BCUT2D eigenvalue weighted by Gasteiger charge is -2.15. The Labute approximate surface area is 97.4 Å². The van der Waals surface area contributed by atoms with Crippen LogP contribution in [0.15, 0.2) is 12.4 Å². The van der Waals surface area contributed by atoms with Crippen LogP contribution in [0.3, 0.4) is 0 Å². The van der Waals surface area contributed by atoms with Crippen molar-refractivity contribution in [1.82, 2.24) is 14.5 Å². The second kappa shape index (κ2) is 5.46. The van der Waals surface area contributed by atoms with Crippen molar-refractivity contribution in [3.63, 3.8) is 0 Å². The average molecular weight is 222 g/mol. The Morgan fingerprint density at radius 1 is 1.56 bits per heavy atom. The third-order valence-electron chi connectivity index (χ3n) is 3.52. The molecule has 1 saturated heterocycles. The van der Waals surface area contributed by atoms with Gasteiger partial charge in [-0.15, -0.1) is 0 Å². The SMILES string of the molecule is Cn1ccnc1CCN1CCC(CCN)C1. The van der Waals surface area contributed by atoms with Gasteiger partial charge in [0.1, 0.15) is 5.82 Å². The third-order valence-corrected chi connectivity index (χ3v) is 3.52. The van der Waals surface area contributed by atoms with E-state index in [2.05, 4.69) is 21.5 Å². The van der Waals surface area contributed by atoms with Crippen LogP contribution in [0.4, 0.5) is 0 Å². The van der Waals surface area contributed by atoms with Crippen LogP contribution in [-0.2, 0) is 13.5 Å². The van der Waals surface area contributed by atoms with Crippen LogP contribution >= 0.6 is 0 Å². The van der Waals surface area contributed by atoms with Crippen molar-refractivity contribution in [2.24, 2.45) is 18.7 Å². The van der Waals surface area contributed by atoms with E-state index in [1.165, 1.54) is 31.8 Å². The number of likely N-dealkylation sites (tertiary alicyclic amines) is 1. The minimum atomic E-state index is 0.825. The highest BCUT2D eigenvalue weighted by Gasteiger charge is 2.21. The molecule has 1 aromatic rings.